The highest BCUT2D eigenvalue weighted by Gasteiger charge is 2.13. The zero-order valence-electron chi connectivity index (χ0n) is 17.2. The second-order valence-electron chi connectivity index (χ2n) is 6.47. The molecule has 3 aromatic rings. The molecule has 0 unspecified atom stereocenters. The minimum Gasteiger partial charge on any atom is -0.493 e. The molecule has 10 heteroatoms. The number of hydrogen-bond acceptors (Lipinski definition) is 6. The van der Waals surface area contributed by atoms with Crippen molar-refractivity contribution in [2.45, 2.75) is 0 Å². The van der Waals surface area contributed by atoms with Crippen LogP contribution in [0.25, 0.3) is 0 Å². The zero-order chi connectivity index (χ0) is 23.8. The Morgan fingerprint density at radius 2 is 1.82 bits per heavy atom. The first-order valence-electron chi connectivity index (χ1n) is 9.41. The van der Waals surface area contributed by atoms with E-state index in [4.69, 9.17) is 25.8 Å². The van der Waals surface area contributed by atoms with Crippen molar-refractivity contribution >= 4 is 61.6 Å². The summed E-state index contributed by atoms with van der Waals surface area (Å²) in [5, 5.41) is 4.46. The van der Waals surface area contributed by atoms with E-state index in [-0.39, 0.29) is 12.4 Å². The quantitative estimate of drug-likeness (QED) is 0.158. The molecule has 0 atom stereocenters. The lowest BCUT2D eigenvalue weighted by molar-refractivity contribution is -0.123. The monoisotopic (exact) mass is 594 g/mol. The van der Waals surface area contributed by atoms with Crippen LogP contribution in [0.3, 0.4) is 0 Å². The molecular formula is C23H17Br2ClN2O5. The van der Waals surface area contributed by atoms with Gasteiger partial charge in [-0.25, -0.2) is 10.2 Å². The van der Waals surface area contributed by atoms with E-state index in [1.54, 1.807) is 54.6 Å². The third-order valence-electron chi connectivity index (χ3n) is 4.11. The van der Waals surface area contributed by atoms with Crippen molar-refractivity contribution in [1.29, 1.82) is 0 Å². The first kappa shape index (κ1) is 24.8. The van der Waals surface area contributed by atoms with Gasteiger partial charge in [-0.3, -0.25) is 4.79 Å². The number of halogens is 3. The summed E-state index contributed by atoms with van der Waals surface area (Å²) >= 11 is 12.5. The lowest BCUT2D eigenvalue weighted by Crippen LogP contribution is -2.24. The van der Waals surface area contributed by atoms with E-state index in [9.17, 15) is 9.59 Å². The fraction of sp³-hybridized carbons (Fsp3) is 0.0870. The molecule has 0 aromatic heterocycles. The molecule has 33 heavy (non-hydrogen) atoms. The molecule has 0 saturated heterocycles. The zero-order valence-corrected chi connectivity index (χ0v) is 21.1. The first-order chi connectivity index (χ1) is 15.9. The molecule has 3 rings (SSSR count). The van der Waals surface area contributed by atoms with Gasteiger partial charge in [-0.2, -0.15) is 5.10 Å². The van der Waals surface area contributed by atoms with Crippen LogP contribution in [0.1, 0.15) is 15.9 Å². The van der Waals surface area contributed by atoms with Gasteiger partial charge in [-0.15, -0.1) is 0 Å². The van der Waals surface area contributed by atoms with Crippen LogP contribution in [0.5, 0.6) is 17.2 Å². The fourth-order valence-corrected chi connectivity index (χ4v) is 3.77. The highest BCUT2D eigenvalue weighted by atomic mass is 79.9. The van der Waals surface area contributed by atoms with Crippen molar-refractivity contribution in [2.75, 3.05) is 13.7 Å². The molecule has 0 fully saturated rings. The summed E-state index contributed by atoms with van der Waals surface area (Å²) in [5.41, 5.74) is 3.39. The number of ether oxygens (including phenoxy) is 3. The van der Waals surface area contributed by atoms with Gasteiger partial charge in [0.2, 0.25) is 0 Å². The maximum atomic E-state index is 12.4. The SMILES string of the molecule is COc1cc(C=NNC(=O)COc2ccc(Cl)cc2Br)ccc1OC(=O)c1cccc(Br)c1. The highest BCUT2D eigenvalue weighted by Crippen LogP contribution is 2.29. The standard InChI is InChI=1S/C23H17Br2ClN2O5/c1-31-21-9-14(5-7-20(21)33-23(30)15-3-2-4-16(24)10-15)12-27-28-22(29)13-32-19-8-6-17(26)11-18(19)25/h2-12H,13H2,1H3,(H,28,29). The summed E-state index contributed by atoms with van der Waals surface area (Å²) in [6, 6.07) is 16.7. The van der Waals surface area contributed by atoms with E-state index in [0.29, 0.717) is 32.1 Å². The molecule has 3 aromatic carbocycles. The molecule has 170 valence electrons. The molecular weight excluding hydrogens is 580 g/mol. The Balaban J connectivity index is 1.57. The average Bonchev–Trinajstić information content (AvgIpc) is 2.79. The Labute approximate surface area is 211 Å². The molecule has 0 heterocycles. The van der Waals surface area contributed by atoms with Crippen LogP contribution in [0.15, 0.2) is 74.7 Å². The summed E-state index contributed by atoms with van der Waals surface area (Å²) in [7, 11) is 1.46. The summed E-state index contributed by atoms with van der Waals surface area (Å²) < 4.78 is 17.6. The number of esters is 1. The van der Waals surface area contributed by atoms with E-state index in [1.807, 2.05) is 6.07 Å². The molecule has 1 N–H and O–H groups in total. The topological polar surface area (TPSA) is 86.2 Å². The molecule has 7 nitrogen and oxygen atoms in total. The van der Waals surface area contributed by atoms with Gasteiger partial charge in [0, 0.05) is 9.50 Å². The Morgan fingerprint density at radius 3 is 2.55 bits per heavy atom. The number of benzene rings is 3. The minimum atomic E-state index is -0.518. The van der Waals surface area contributed by atoms with Crippen molar-refractivity contribution in [3.8, 4) is 17.2 Å². The van der Waals surface area contributed by atoms with Gasteiger partial charge in [-0.05, 0) is 76.1 Å². The molecule has 0 radical (unpaired) electrons. The highest BCUT2D eigenvalue weighted by molar-refractivity contribution is 9.10. The fourth-order valence-electron chi connectivity index (χ4n) is 2.57. The molecule has 0 saturated carbocycles. The Kier molecular flexibility index (Phi) is 8.87. The van der Waals surface area contributed by atoms with Gasteiger partial charge in [0.1, 0.15) is 5.75 Å². The smallest absolute Gasteiger partial charge is 0.343 e. The van der Waals surface area contributed by atoms with Crippen LogP contribution in [0.4, 0.5) is 0 Å². The number of hydrogen-bond donors (Lipinski definition) is 1. The summed E-state index contributed by atoms with van der Waals surface area (Å²) in [4.78, 5) is 24.3. The van der Waals surface area contributed by atoms with Crippen LogP contribution >= 0.6 is 43.5 Å². The van der Waals surface area contributed by atoms with Crippen molar-refractivity contribution < 1.29 is 23.8 Å². The first-order valence-corrected chi connectivity index (χ1v) is 11.4. The molecule has 0 aliphatic rings. The molecule has 0 bridgehead atoms. The van der Waals surface area contributed by atoms with Crippen LogP contribution in [0.2, 0.25) is 5.02 Å². The van der Waals surface area contributed by atoms with Gasteiger partial charge in [0.25, 0.3) is 5.91 Å². The van der Waals surface area contributed by atoms with E-state index in [0.717, 1.165) is 4.47 Å². The normalized spacial score (nSPS) is 10.7. The summed E-state index contributed by atoms with van der Waals surface area (Å²) in [5.74, 6) is 0.113. The van der Waals surface area contributed by atoms with Crippen LogP contribution < -0.4 is 19.6 Å². The largest absolute Gasteiger partial charge is 0.493 e. The van der Waals surface area contributed by atoms with E-state index < -0.39 is 11.9 Å². The number of carbonyl (C=O) groups excluding carboxylic acids is 2. The average molecular weight is 597 g/mol. The molecule has 1 amide bonds. The second kappa shape index (κ2) is 11.8. The molecule has 0 spiro atoms. The van der Waals surface area contributed by atoms with Crippen LogP contribution in [-0.2, 0) is 4.79 Å². The van der Waals surface area contributed by atoms with Crippen molar-refractivity contribution in [1.82, 2.24) is 5.43 Å². The number of amides is 1. The second-order valence-corrected chi connectivity index (χ2v) is 8.67. The third-order valence-corrected chi connectivity index (χ3v) is 5.45. The number of nitrogens with zero attached hydrogens (tertiary/aromatic N) is 1. The van der Waals surface area contributed by atoms with Gasteiger partial charge in [-0.1, -0.05) is 33.6 Å². The minimum absolute atomic E-state index is 0.231. The van der Waals surface area contributed by atoms with Crippen LogP contribution in [-0.4, -0.2) is 31.8 Å². The number of nitrogens with one attached hydrogen (secondary N) is 1. The lowest BCUT2D eigenvalue weighted by Gasteiger charge is -2.10. The van der Waals surface area contributed by atoms with Gasteiger partial charge < -0.3 is 14.2 Å². The number of rotatable bonds is 8. The maximum Gasteiger partial charge on any atom is 0.343 e. The summed E-state index contributed by atoms with van der Waals surface area (Å²) in [6.07, 6.45) is 1.43. The number of hydrazone groups is 1. The van der Waals surface area contributed by atoms with Gasteiger partial charge in [0.05, 0.1) is 23.4 Å². The van der Waals surface area contributed by atoms with Crippen molar-refractivity contribution in [2.24, 2.45) is 5.10 Å². The number of carbonyl (C=O) groups is 2. The van der Waals surface area contributed by atoms with Crippen molar-refractivity contribution in [3.63, 3.8) is 0 Å². The Bertz CT molecular complexity index is 1200. The van der Waals surface area contributed by atoms with E-state index in [2.05, 4.69) is 42.4 Å². The predicted octanol–water partition coefficient (Wildman–Crippen LogP) is 5.62. The summed E-state index contributed by atoms with van der Waals surface area (Å²) in [6.45, 7) is -0.231. The van der Waals surface area contributed by atoms with E-state index >= 15 is 0 Å². The van der Waals surface area contributed by atoms with Gasteiger partial charge >= 0.3 is 5.97 Å². The van der Waals surface area contributed by atoms with Gasteiger partial charge in [0.15, 0.2) is 18.1 Å². The maximum absolute atomic E-state index is 12.4. The Morgan fingerprint density at radius 1 is 1.03 bits per heavy atom. The molecule has 0 aliphatic carbocycles. The van der Waals surface area contributed by atoms with Crippen LogP contribution in [0, 0.1) is 0 Å². The predicted molar refractivity (Wildman–Crippen MR) is 132 cm³/mol. The molecule has 0 aliphatic heterocycles. The van der Waals surface area contributed by atoms with E-state index in [1.165, 1.54) is 13.3 Å². The third kappa shape index (κ3) is 7.31. The number of methoxy groups -OCH3 is 1. The Hall–Kier alpha value is -2.88. The van der Waals surface area contributed by atoms with Crippen molar-refractivity contribution in [3.05, 3.63) is 85.8 Å². The lowest BCUT2D eigenvalue weighted by atomic mass is 10.2.